The fourth-order valence-electron chi connectivity index (χ4n) is 2.07. The topological polar surface area (TPSA) is 87.7 Å². The third-order valence-electron chi connectivity index (χ3n) is 3.25. The molecule has 0 aliphatic rings. The Morgan fingerprint density at radius 1 is 1.08 bits per heavy atom. The summed E-state index contributed by atoms with van der Waals surface area (Å²) in [7, 11) is 1.54. The molecule has 2 aromatic rings. The van der Waals surface area contributed by atoms with Crippen LogP contribution in [0.2, 0.25) is 0 Å². The van der Waals surface area contributed by atoms with Crippen molar-refractivity contribution in [3.05, 3.63) is 54.1 Å². The van der Waals surface area contributed by atoms with E-state index in [0.29, 0.717) is 28.4 Å². The van der Waals surface area contributed by atoms with Gasteiger partial charge in [0, 0.05) is 17.0 Å². The van der Waals surface area contributed by atoms with Crippen molar-refractivity contribution in [2.45, 2.75) is 0 Å². The largest absolute Gasteiger partial charge is 0.495 e. The molecule has 0 heterocycles. The van der Waals surface area contributed by atoms with Crippen LogP contribution in [0.1, 0.15) is 10.4 Å². The fourth-order valence-corrected chi connectivity index (χ4v) is 2.60. The van der Waals surface area contributed by atoms with Crippen molar-refractivity contribution in [2.24, 2.45) is 0 Å². The van der Waals surface area contributed by atoms with Gasteiger partial charge in [-0.05, 0) is 36.4 Å². The molecule has 2 aromatic carbocycles. The summed E-state index contributed by atoms with van der Waals surface area (Å²) in [4.78, 5) is 24.0. The summed E-state index contributed by atoms with van der Waals surface area (Å²) in [5.41, 5.74) is 1.68. The summed E-state index contributed by atoms with van der Waals surface area (Å²) < 4.78 is 5.21. The number of carbonyl (C=O) groups is 2. The maximum absolute atomic E-state index is 12.3. The number of methoxy groups -OCH3 is 1. The number of anilines is 2. The first-order chi connectivity index (χ1) is 12.1. The lowest BCUT2D eigenvalue weighted by Crippen LogP contribution is -2.15. The summed E-state index contributed by atoms with van der Waals surface area (Å²) >= 11 is 1.36. The van der Waals surface area contributed by atoms with E-state index in [4.69, 9.17) is 9.84 Å². The second-order valence-electron chi connectivity index (χ2n) is 5.06. The highest BCUT2D eigenvalue weighted by Gasteiger charge is 2.10. The van der Waals surface area contributed by atoms with Gasteiger partial charge in [0.15, 0.2) is 0 Å². The fraction of sp³-hybridized carbons (Fsp3) is 0.222. The molecule has 0 spiro atoms. The second kappa shape index (κ2) is 9.71. The molecule has 6 nitrogen and oxygen atoms in total. The van der Waals surface area contributed by atoms with Crippen LogP contribution in [0.4, 0.5) is 11.4 Å². The van der Waals surface area contributed by atoms with Crippen molar-refractivity contribution >= 4 is 35.0 Å². The molecule has 0 aliphatic carbocycles. The van der Waals surface area contributed by atoms with Crippen molar-refractivity contribution < 1.29 is 19.4 Å². The molecule has 0 aliphatic heterocycles. The minimum absolute atomic E-state index is 0.0496. The van der Waals surface area contributed by atoms with Crippen LogP contribution in [-0.2, 0) is 4.79 Å². The first-order valence-corrected chi connectivity index (χ1v) is 8.82. The molecular formula is C18H20N2O4S. The average molecular weight is 360 g/mol. The van der Waals surface area contributed by atoms with Gasteiger partial charge in [0.2, 0.25) is 5.91 Å². The molecule has 7 heteroatoms. The quantitative estimate of drug-likeness (QED) is 0.630. The van der Waals surface area contributed by atoms with E-state index in [2.05, 4.69) is 10.6 Å². The van der Waals surface area contributed by atoms with Crippen LogP contribution in [0.3, 0.4) is 0 Å². The third kappa shape index (κ3) is 5.81. The van der Waals surface area contributed by atoms with Gasteiger partial charge < -0.3 is 20.5 Å². The molecule has 0 saturated carbocycles. The van der Waals surface area contributed by atoms with Gasteiger partial charge in [-0.3, -0.25) is 9.59 Å². The van der Waals surface area contributed by atoms with Gasteiger partial charge in [-0.2, -0.15) is 0 Å². The van der Waals surface area contributed by atoms with Gasteiger partial charge in [-0.15, -0.1) is 11.8 Å². The zero-order chi connectivity index (χ0) is 18.1. The lowest BCUT2D eigenvalue weighted by molar-refractivity contribution is -0.113. The van der Waals surface area contributed by atoms with Crippen LogP contribution < -0.4 is 15.4 Å². The Bertz CT molecular complexity index is 719. The monoisotopic (exact) mass is 360 g/mol. The Hall–Kier alpha value is -2.51. The molecule has 2 rings (SSSR count). The van der Waals surface area contributed by atoms with Crippen molar-refractivity contribution in [2.75, 3.05) is 35.9 Å². The Morgan fingerprint density at radius 2 is 1.80 bits per heavy atom. The summed E-state index contributed by atoms with van der Waals surface area (Å²) in [6, 6.07) is 13.8. The van der Waals surface area contributed by atoms with E-state index in [-0.39, 0.29) is 24.2 Å². The molecule has 3 N–H and O–H groups in total. The number of nitrogens with one attached hydrogen (secondary N) is 2. The first kappa shape index (κ1) is 18.8. The number of hydrogen-bond acceptors (Lipinski definition) is 5. The zero-order valence-corrected chi connectivity index (χ0v) is 14.6. The number of para-hydroxylation sites is 2. The maximum atomic E-state index is 12.3. The third-order valence-corrected chi connectivity index (χ3v) is 4.19. The Balaban J connectivity index is 1.95. The number of hydrogen-bond donors (Lipinski definition) is 3. The van der Waals surface area contributed by atoms with Crippen LogP contribution in [0.5, 0.6) is 5.75 Å². The number of aliphatic hydroxyl groups is 1. The number of rotatable bonds is 8. The lowest BCUT2D eigenvalue weighted by atomic mass is 10.2. The predicted octanol–water partition coefficient (Wildman–Crippen LogP) is 2.61. The molecule has 0 fully saturated rings. The normalized spacial score (nSPS) is 10.2. The number of thioether (sulfide) groups is 1. The van der Waals surface area contributed by atoms with Gasteiger partial charge in [0.1, 0.15) is 5.75 Å². The molecule has 0 radical (unpaired) electrons. The molecular weight excluding hydrogens is 340 g/mol. The van der Waals surface area contributed by atoms with E-state index in [9.17, 15) is 9.59 Å². The van der Waals surface area contributed by atoms with Gasteiger partial charge in [0.05, 0.1) is 25.2 Å². The minimum Gasteiger partial charge on any atom is -0.495 e. The SMILES string of the molecule is COc1ccccc1NC(=O)c1ccc(NC(=O)CSCCO)cc1. The molecule has 0 unspecified atom stereocenters. The molecule has 0 bridgehead atoms. The maximum Gasteiger partial charge on any atom is 0.255 e. The molecule has 2 amide bonds. The summed E-state index contributed by atoms with van der Waals surface area (Å²) in [6.07, 6.45) is 0. The standard InChI is InChI=1S/C18H20N2O4S/c1-24-16-5-3-2-4-15(16)20-18(23)13-6-8-14(9-7-13)19-17(22)12-25-11-10-21/h2-9,21H,10-12H2,1H3,(H,19,22)(H,20,23). The lowest BCUT2D eigenvalue weighted by Gasteiger charge is -2.10. The zero-order valence-electron chi connectivity index (χ0n) is 13.8. The molecule has 0 saturated heterocycles. The number of aliphatic hydroxyl groups excluding tert-OH is 1. The number of carbonyl (C=O) groups excluding carboxylic acids is 2. The van der Waals surface area contributed by atoms with E-state index in [1.54, 1.807) is 43.5 Å². The average Bonchev–Trinajstić information content (AvgIpc) is 2.63. The van der Waals surface area contributed by atoms with Crippen molar-refractivity contribution in [3.63, 3.8) is 0 Å². The van der Waals surface area contributed by atoms with Crippen LogP contribution >= 0.6 is 11.8 Å². The second-order valence-corrected chi connectivity index (χ2v) is 6.16. The van der Waals surface area contributed by atoms with E-state index < -0.39 is 0 Å². The summed E-state index contributed by atoms with van der Waals surface area (Å²) in [6.45, 7) is 0.0496. The highest BCUT2D eigenvalue weighted by Crippen LogP contribution is 2.23. The van der Waals surface area contributed by atoms with Gasteiger partial charge in [-0.1, -0.05) is 12.1 Å². The molecule has 25 heavy (non-hydrogen) atoms. The van der Waals surface area contributed by atoms with E-state index in [1.165, 1.54) is 11.8 Å². The van der Waals surface area contributed by atoms with Crippen LogP contribution in [0.25, 0.3) is 0 Å². The van der Waals surface area contributed by atoms with Gasteiger partial charge in [0.25, 0.3) is 5.91 Å². The smallest absolute Gasteiger partial charge is 0.255 e. The first-order valence-electron chi connectivity index (χ1n) is 7.67. The van der Waals surface area contributed by atoms with Gasteiger partial charge in [-0.25, -0.2) is 0 Å². The van der Waals surface area contributed by atoms with Gasteiger partial charge >= 0.3 is 0 Å². The number of ether oxygens (including phenoxy) is 1. The van der Waals surface area contributed by atoms with Crippen molar-refractivity contribution in [3.8, 4) is 5.75 Å². The Kier molecular flexibility index (Phi) is 7.31. The summed E-state index contributed by atoms with van der Waals surface area (Å²) in [5.74, 6) is 0.970. The van der Waals surface area contributed by atoms with Crippen LogP contribution in [0, 0.1) is 0 Å². The Morgan fingerprint density at radius 3 is 2.48 bits per heavy atom. The van der Waals surface area contributed by atoms with E-state index in [1.807, 2.05) is 12.1 Å². The number of amides is 2. The molecule has 0 atom stereocenters. The van der Waals surface area contributed by atoms with Crippen LogP contribution in [0.15, 0.2) is 48.5 Å². The Labute approximate surface area is 150 Å². The number of benzene rings is 2. The van der Waals surface area contributed by atoms with E-state index in [0.717, 1.165) is 0 Å². The summed E-state index contributed by atoms with van der Waals surface area (Å²) in [5, 5.41) is 14.2. The minimum atomic E-state index is -0.263. The van der Waals surface area contributed by atoms with Crippen LogP contribution in [-0.4, -0.2) is 42.1 Å². The van der Waals surface area contributed by atoms with Crippen molar-refractivity contribution in [1.82, 2.24) is 0 Å². The van der Waals surface area contributed by atoms with E-state index >= 15 is 0 Å². The highest BCUT2D eigenvalue weighted by atomic mass is 32.2. The molecule has 132 valence electrons. The highest BCUT2D eigenvalue weighted by molar-refractivity contribution is 7.99. The predicted molar refractivity (Wildman–Crippen MR) is 100 cm³/mol. The molecule has 0 aromatic heterocycles. The van der Waals surface area contributed by atoms with Crippen molar-refractivity contribution in [1.29, 1.82) is 0 Å².